The molecule has 1 N–H and O–H groups in total. The molecule has 1 aromatic carbocycles. The molecule has 160 valence electrons. The zero-order valence-electron chi connectivity index (χ0n) is 17.1. The van der Waals surface area contributed by atoms with Gasteiger partial charge in [0, 0.05) is 37.4 Å². The van der Waals surface area contributed by atoms with E-state index in [-0.39, 0.29) is 23.9 Å². The Morgan fingerprint density at radius 3 is 2.55 bits per heavy atom. The molecule has 0 unspecified atom stereocenters. The minimum atomic E-state index is -4.37. The SMILES string of the molecule is CC(C)NC(=O)[C@H]1Cc2cc(C(F)(F)F)ccc2N2CCN(C3CCCC3)C[C@@H]12. The Hall–Kier alpha value is -1.76. The molecule has 29 heavy (non-hydrogen) atoms. The zero-order chi connectivity index (χ0) is 20.8. The Bertz CT molecular complexity index is 758. The summed E-state index contributed by atoms with van der Waals surface area (Å²) in [5.74, 6) is -0.385. The van der Waals surface area contributed by atoms with E-state index < -0.39 is 11.7 Å². The molecule has 2 atom stereocenters. The number of alkyl halides is 3. The number of benzene rings is 1. The van der Waals surface area contributed by atoms with E-state index in [1.807, 2.05) is 13.8 Å². The lowest BCUT2D eigenvalue weighted by molar-refractivity contribution is -0.137. The predicted molar refractivity (Wildman–Crippen MR) is 107 cm³/mol. The van der Waals surface area contributed by atoms with Crippen molar-refractivity contribution >= 4 is 11.6 Å². The summed E-state index contributed by atoms with van der Waals surface area (Å²) in [6, 6.07) is 4.62. The van der Waals surface area contributed by atoms with Crippen LogP contribution in [-0.4, -0.2) is 48.6 Å². The first-order valence-corrected chi connectivity index (χ1v) is 10.7. The summed E-state index contributed by atoms with van der Waals surface area (Å²) in [6.07, 6.45) is 0.925. The highest BCUT2D eigenvalue weighted by Gasteiger charge is 2.44. The number of hydrogen-bond acceptors (Lipinski definition) is 3. The standard InChI is InChI=1S/C22H30F3N3O/c1-14(2)26-21(29)18-12-15-11-16(22(23,24)25)7-8-19(15)28-10-9-27(13-20(18)28)17-5-3-4-6-17/h7-8,11,14,17-18,20H,3-6,9-10,12-13H2,1-2H3,(H,26,29)/t18-,20-/m0/s1. The van der Waals surface area contributed by atoms with Crippen molar-refractivity contribution in [2.75, 3.05) is 24.5 Å². The molecule has 4 rings (SSSR count). The van der Waals surface area contributed by atoms with Crippen molar-refractivity contribution in [1.82, 2.24) is 10.2 Å². The maximum atomic E-state index is 13.2. The van der Waals surface area contributed by atoms with Crippen LogP contribution in [-0.2, 0) is 17.4 Å². The summed E-state index contributed by atoms with van der Waals surface area (Å²) >= 11 is 0. The van der Waals surface area contributed by atoms with E-state index >= 15 is 0 Å². The van der Waals surface area contributed by atoms with Gasteiger partial charge in [0.05, 0.1) is 17.5 Å². The molecule has 7 heteroatoms. The lowest BCUT2D eigenvalue weighted by Crippen LogP contribution is -2.62. The van der Waals surface area contributed by atoms with Crippen molar-refractivity contribution in [3.05, 3.63) is 29.3 Å². The molecule has 2 aliphatic heterocycles. The van der Waals surface area contributed by atoms with Gasteiger partial charge in [-0.1, -0.05) is 12.8 Å². The number of carbonyl (C=O) groups excluding carboxylic acids is 1. The molecule has 1 aliphatic carbocycles. The zero-order valence-corrected chi connectivity index (χ0v) is 17.1. The molecule has 2 fully saturated rings. The lowest BCUT2D eigenvalue weighted by Gasteiger charge is -2.50. The number of hydrogen-bond donors (Lipinski definition) is 1. The third kappa shape index (κ3) is 4.11. The van der Waals surface area contributed by atoms with Crippen LogP contribution in [0.15, 0.2) is 18.2 Å². The summed E-state index contributed by atoms with van der Waals surface area (Å²) in [7, 11) is 0. The molecular formula is C22H30F3N3O. The summed E-state index contributed by atoms with van der Waals surface area (Å²) in [6.45, 7) is 6.30. The molecule has 1 amide bonds. The van der Waals surface area contributed by atoms with E-state index in [9.17, 15) is 18.0 Å². The first-order valence-electron chi connectivity index (χ1n) is 10.7. The van der Waals surface area contributed by atoms with Crippen molar-refractivity contribution in [1.29, 1.82) is 0 Å². The third-order valence-corrected chi connectivity index (χ3v) is 6.68. The molecular weight excluding hydrogens is 379 g/mol. The molecule has 1 saturated carbocycles. The third-order valence-electron chi connectivity index (χ3n) is 6.68. The second-order valence-electron chi connectivity index (χ2n) is 9.01. The molecule has 0 bridgehead atoms. The number of rotatable bonds is 3. The van der Waals surface area contributed by atoms with Gasteiger partial charge in [0.1, 0.15) is 0 Å². The van der Waals surface area contributed by atoms with E-state index in [4.69, 9.17) is 0 Å². The molecule has 0 aromatic heterocycles. The fourth-order valence-corrected chi connectivity index (χ4v) is 5.31. The average molecular weight is 409 g/mol. The number of fused-ring (bicyclic) bond motifs is 3. The summed E-state index contributed by atoms with van der Waals surface area (Å²) in [5.41, 5.74) is 0.860. The van der Waals surface area contributed by atoms with E-state index in [0.717, 1.165) is 25.3 Å². The van der Waals surface area contributed by atoms with Crippen LogP contribution in [0.5, 0.6) is 0 Å². The summed E-state index contributed by atoms with van der Waals surface area (Å²) in [4.78, 5) is 17.7. The van der Waals surface area contributed by atoms with E-state index in [1.165, 1.54) is 37.8 Å². The molecule has 1 aromatic rings. The van der Waals surface area contributed by atoms with Gasteiger partial charge in [0.2, 0.25) is 5.91 Å². The quantitative estimate of drug-likeness (QED) is 0.824. The maximum absolute atomic E-state index is 13.2. The Labute approximate surface area is 170 Å². The number of anilines is 1. The minimum absolute atomic E-state index is 0.00679. The van der Waals surface area contributed by atoms with Gasteiger partial charge in [-0.25, -0.2) is 0 Å². The highest BCUT2D eigenvalue weighted by Crippen LogP contribution is 2.40. The Kier molecular flexibility index (Phi) is 5.53. The normalized spacial score (nSPS) is 25.8. The molecule has 4 nitrogen and oxygen atoms in total. The van der Waals surface area contributed by atoms with Crippen LogP contribution in [0.2, 0.25) is 0 Å². The van der Waals surface area contributed by atoms with Gasteiger partial charge in [-0.15, -0.1) is 0 Å². The lowest BCUT2D eigenvalue weighted by atomic mass is 9.82. The predicted octanol–water partition coefficient (Wildman–Crippen LogP) is 3.84. The molecule has 0 spiro atoms. The second-order valence-corrected chi connectivity index (χ2v) is 9.01. The van der Waals surface area contributed by atoms with Crippen LogP contribution in [0.25, 0.3) is 0 Å². The van der Waals surface area contributed by atoms with E-state index in [1.54, 1.807) is 6.07 Å². The fraction of sp³-hybridized carbons (Fsp3) is 0.682. The molecule has 2 heterocycles. The first kappa shape index (κ1) is 20.5. The number of carbonyl (C=O) groups is 1. The van der Waals surface area contributed by atoms with Gasteiger partial charge < -0.3 is 10.2 Å². The Morgan fingerprint density at radius 1 is 1.17 bits per heavy atom. The Morgan fingerprint density at radius 2 is 1.90 bits per heavy atom. The van der Waals surface area contributed by atoms with Gasteiger partial charge in [-0.05, 0) is 56.9 Å². The van der Waals surface area contributed by atoms with Crippen molar-refractivity contribution < 1.29 is 18.0 Å². The summed E-state index contributed by atoms with van der Waals surface area (Å²) < 4.78 is 39.7. The van der Waals surface area contributed by atoms with Gasteiger partial charge in [-0.2, -0.15) is 13.2 Å². The van der Waals surface area contributed by atoms with Gasteiger partial charge in [-0.3, -0.25) is 9.69 Å². The van der Waals surface area contributed by atoms with Crippen molar-refractivity contribution in [2.45, 2.75) is 70.3 Å². The summed E-state index contributed by atoms with van der Waals surface area (Å²) in [5, 5.41) is 3.00. The van der Waals surface area contributed by atoms with E-state index in [0.29, 0.717) is 18.0 Å². The van der Waals surface area contributed by atoms with Crippen LogP contribution in [0.4, 0.5) is 18.9 Å². The number of amides is 1. The monoisotopic (exact) mass is 409 g/mol. The number of nitrogens with one attached hydrogen (secondary N) is 1. The molecule has 1 saturated heterocycles. The van der Waals surface area contributed by atoms with Gasteiger partial charge in [0.15, 0.2) is 0 Å². The minimum Gasteiger partial charge on any atom is -0.365 e. The Balaban J connectivity index is 1.65. The number of nitrogens with zero attached hydrogens (tertiary/aromatic N) is 2. The first-order chi connectivity index (χ1) is 13.7. The molecule has 3 aliphatic rings. The van der Waals surface area contributed by atoms with Crippen LogP contribution in [0.1, 0.15) is 50.7 Å². The van der Waals surface area contributed by atoms with Crippen LogP contribution in [0, 0.1) is 5.92 Å². The number of piperazine rings is 1. The average Bonchev–Trinajstić information content (AvgIpc) is 3.20. The maximum Gasteiger partial charge on any atom is 0.416 e. The topological polar surface area (TPSA) is 35.6 Å². The van der Waals surface area contributed by atoms with Crippen LogP contribution in [0.3, 0.4) is 0 Å². The van der Waals surface area contributed by atoms with Gasteiger partial charge in [0.25, 0.3) is 0 Å². The van der Waals surface area contributed by atoms with Gasteiger partial charge >= 0.3 is 6.18 Å². The van der Waals surface area contributed by atoms with Crippen LogP contribution >= 0.6 is 0 Å². The van der Waals surface area contributed by atoms with E-state index in [2.05, 4.69) is 15.1 Å². The highest BCUT2D eigenvalue weighted by molar-refractivity contribution is 5.82. The van der Waals surface area contributed by atoms with Crippen molar-refractivity contribution in [3.8, 4) is 0 Å². The largest absolute Gasteiger partial charge is 0.416 e. The fourth-order valence-electron chi connectivity index (χ4n) is 5.31. The van der Waals surface area contributed by atoms with Crippen molar-refractivity contribution in [3.63, 3.8) is 0 Å². The van der Waals surface area contributed by atoms with Crippen molar-refractivity contribution in [2.24, 2.45) is 5.92 Å². The second kappa shape index (κ2) is 7.82. The molecule has 0 radical (unpaired) electrons. The highest BCUT2D eigenvalue weighted by atomic mass is 19.4. The smallest absolute Gasteiger partial charge is 0.365 e. The van der Waals surface area contributed by atoms with Crippen LogP contribution < -0.4 is 10.2 Å². The number of halogens is 3.